The number of hydrogen-bond acceptors (Lipinski definition) is 4. The second-order valence-corrected chi connectivity index (χ2v) is 4.15. The second kappa shape index (κ2) is 4.48. The van der Waals surface area contributed by atoms with Crippen molar-refractivity contribution in [2.75, 3.05) is 11.9 Å². The van der Waals surface area contributed by atoms with Gasteiger partial charge in [-0.15, -0.1) is 0 Å². The largest absolute Gasteiger partial charge is 0.433 e. The first-order valence-corrected chi connectivity index (χ1v) is 5.36. The fourth-order valence-electron chi connectivity index (χ4n) is 1.50. The van der Waals surface area contributed by atoms with Gasteiger partial charge in [-0.05, 0) is 24.8 Å². The molecule has 17 heavy (non-hydrogen) atoms. The number of nitrogens with one attached hydrogen (secondary N) is 1. The maximum absolute atomic E-state index is 12.4. The van der Waals surface area contributed by atoms with Crippen molar-refractivity contribution in [2.24, 2.45) is 11.7 Å². The molecule has 0 spiro atoms. The summed E-state index contributed by atoms with van der Waals surface area (Å²) in [7, 11) is 0. The van der Waals surface area contributed by atoms with Crippen LogP contribution in [0.4, 0.5) is 19.1 Å². The first kappa shape index (κ1) is 12.1. The van der Waals surface area contributed by atoms with Crippen molar-refractivity contribution >= 4 is 5.95 Å². The smallest absolute Gasteiger partial charge is 0.353 e. The van der Waals surface area contributed by atoms with Gasteiger partial charge >= 0.3 is 6.18 Å². The van der Waals surface area contributed by atoms with Gasteiger partial charge in [0.25, 0.3) is 0 Å². The van der Waals surface area contributed by atoms with E-state index in [1.165, 1.54) is 0 Å². The van der Waals surface area contributed by atoms with E-state index in [9.17, 15) is 13.2 Å². The highest BCUT2D eigenvalue weighted by Crippen LogP contribution is 2.31. The third-order valence-corrected chi connectivity index (χ3v) is 2.67. The first-order chi connectivity index (χ1) is 7.97. The van der Waals surface area contributed by atoms with Gasteiger partial charge in [0, 0.05) is 18.8 Å². The molecule has 1 aliphatic carbocycles. The standard InChI is InChI=1S/C10H13F3N4/c11-10(12,13)8-3-4-15-9(17-8)16-5-7(14)6-1-2-6/h3-4,6-7H,1-2,5,14H2,(H,15,16,17). The van der Waals surface area contributed by atoms with Crippen LogP contribution in [0.1, 0.15) is 18.5 Å². The zero-order valence-electron chi connectivity index (χ0n) is 9.04. The predicted molar refractivity (Wildman–Crippen MR) is 56.2 cm³/mol. The minimum absolute atomic E-state index is 0.0316. The minimum atomic E-state index is -4.45. The van der Waals surface area contributed by atoms with E-state index in [1.807, 2.05) is 0 Å². The van der Waals surface area contributed by atoms with Crippen LogP contribution in [0, 0.1) is 5.92 Å². The molecule has 0 amide bonds. The molecule has 1 aromatic heterocycles. The Kier molecular flexibility index (Phi) is 3.19. The Bertz CT molecular complexity index is 389. The fourth-order valence-corrected chi connectivity index (χ4v) is 1.50. The summed E-state index contributed by atoms with van der Waals surface area (Å²) in [5.74, 6) is 0.448. The molecular formula is C10H13F3N4. The normalized spacial score (nSPS) is 17.9. The number of nitrogens with two attached hydrogens (primary N) is 1. The molecule has 1 aliphatic rings. The maximum Gasteiger partial charge on any atom is 0.433 e. The molecular weight excluding hydrogens is 233 g/mol. The van der Waals surface area contributed by atoms with E-state index in [4.69, 9.17) is 5.73 Å². The Labute approximate surface area is 96.4 Å². The van der Waals surface area contributed by atoms with Gasteiger partial charge in [0.05, 0.1) is 0 Å². The molecule has 0 aliphatic heterocycles. The lowest BCUT2D eigenvalue weighted by Gasteiger charge is -2.12. The van der Waals surface area contributed by atoms with Gasteiger partial charge in [0.2, 0.25) is 5.95 Å². The van der Waals surface area contributed by atoms with Crippen LogP contribution in [0.2, 0.25) is 0 Å². The van der Waals surface area contributed by atoms with Crippen molar-refractivity contribution in [3.63, 3.8) is 0 Å². The van der Waals surface area contributed by atoms with Crippen LogP contribution >= 0.6 is 0 Å². The summed E-state index contributed by atoms with van der Waals surface area (Å²) >= 11 is 0. The van der Waals surface area contributed by atoms with E-state index in [2.05, 4.69) is 15.3 Å². The van der Waals surface area contributed by atoms with Gasteiger partial charge in [0.15, 0.2) is 0 Å². The van der Waals surface area contributed by atoms with E-state index >= 15 is 0 Å². The van der Waals surface area contributed by atoms with E-state index in [-0.39, 0.29) is 12.0 Å². The van der Waals surface area contributed by atoms with Crippen molar-refractivity contribution in [3.05, 3.63) is 18.0 Å². The van der Waals surface area contributed by atoms with Crippen LogP contribution in [0.3, 0.4) is 0 Å². The van der Waals surface area contributed by atoms with E-state index in [1.54, 1.807) is 0 Å². The third kappa shape index (κ3) is 3.29. The molecule has 3 N–H and O–H groups in total. The molecule has 7 heteroatoms. The average molecular weight is 246 g/mol. The topological polar surface area (TPSA) is 63.8 Å². The summed E-state index contributed by atoms with van der Waals surface area (Å²) < 4.78 is 37.1. The summed E-state index contributed by atoms with van der Waals surface area (Å²) in [4.78, 5) is 7.12. The molecule has 0 saturated heterocycles. The maximum atomic E-state index is 12.4. The predicted octanol–water partition coefficient (Wildman–Crippen LogP) is 1.64. The van der Waals surface area contributed by atoms with Gasteiger partial charge in [-0.25, -0.2) is 9.97 Å². The Hall–Kier alpha value is -1.37. The Morgan fingerprint density at radius 3 is 2.76 bits per heavy atom. The van der Waals surface area contributed by atoms with E-state index in [0.29, 0.717) is 12.5 Å². The summed E-state index contributed by atoms with van der Waals surface area (Å²) in [6.45, 7) is 0.395. The molecule has 0 radical (unpaired) electrons. The molecule has 1 atom stereocenters. The zero-order valence-corrected chi connectivity index (χ0v) is 9.04. The molecule has 1 saturated carbocycles. The monoisotopic (exact) mass is 246 g/mol. The highest BCUT2D eigenvalue weighted by molar-refractivity contribution is 5.26. The zero-order chi connectivity index (χ0) is 12.5. The van der Waals surface area contributed by atoms with Gasteiger partial charge < -0.3 is 11.1 Å². The molecule has 94 valence electrons. The number of hydrogen-bond donors (Lipinski definition) is 2. The number of rotatable bonds is 4. The van der Waals surface area contributed by atoms with Gasteiger partial charge in [0.1, 0.15) is 5.69 Å². The fraction of sp³-hybridized carbons (Fsp3) is 0.600. The van der Waals surface area contributed by atoms with E-state index < -0.39 is 11.9 Å². The summed E-state index contributed by atoms with van der Waals surface area (Å²) in [6, 6.07) is 0.791. The number of alkyl halides is 3. The molecule has 0 bridgehead atoms. The van der Waals surface area contributed by atoms with Crippen LogP contribution in [0.5, 0.6) is 0 Å². The summed E-state index contributed by atoms with van der Waals surface area (Å²) in [6.07, 6.45) is -1.18. The lowest BCUT2D eigenvalue weighted by Crippen LogP contribution is -2.31. The molecule has 0 aromatic carbocycles. The number of nitrogens with zero attached hydrogens (tertiary/aromatic N) is 2. The molecule has 1 fully saturated rings. The summed E-state index contributed by atoms with van der Waals surface area (Å²) in [5, 5.41) is 2.73. The molecule has 1 heterocycles. The Morgan fingerprint density at radius 2 is 2.18 bits per heavy atom. The van der Waals surface area contributed by atoms with Gasteiger partial charge in [-0.3, -0.25) is 0 Å². The highest BCUT2D eigenvalue weighted by atomic mass is 19.4. The van der Waals surface area contributed by atoms with Crippen molar-refractivity contribution in [1.29, 1.82) is 0 Å². The van der Waals surface area contributed by atoms with Crippen LogP contribution < -0.4 is 11.1 Å². The number of aromatic nitrogens is 2. The molecule has 2 rings (SSSR count). The molecule has 1 unspecified atom stereocenters. The molecule has 1 aromatic rings. The number of anilines is 1. The Morgan fingerprint density at radius 1 is 1.47 bits per heavy atom. The van der Waals surface area contributed by atoms with Gasteiger partial charge in [-0.2, -0.15) is 13.2 Å². The second-order valence-electron chi connectivity index (χ2n) is 4.15. The lowest BCUT2D eigenvalue weighted by molar-refractivity contribution is -0.141. The van der Waals surface area contributed by atoms with Crippen LogP contribution in [-0.4, -0.2) is 22.6 Å². The average Bonchev–Trinajstić information content (AvgIpc) is 3.09. The first-order valence-electron chi connectivity index (χ1n) is 5.36. The third-order valence-electron chi connectivity index (χ3n) is 2.67. The molecule has 4 nitrogen and oxygen atoms in total. The lowest BCUT2D eigenvalue weighted by atomic mass is 10.2. The SMILES string of the molecule is NC(CNc1nccc(C(F)(F)F)n1)C1CC1. The van der Waals surface area contributed by atoms with Crippen LogP contribution in [0.15, 0.2) is 12.3 Å². The summed E-state index contributed by atoms with van der Waals surface area (Å²) in [5.41, 5.74) is 4.86. The number of halogens is 3. The minimum Gasteiger partial charge on any atom is -0.353 e. The van der Waals surface area contributed by atoms with Crippen LogP contribution in [0.25, 0.3) is 0 Å². The van der Waals surface area contributed by atoms with Crippen molar-refractivity contribution < 1.29 is 13.2 Å². The van der Waals surface area contributed by atoms with Crippen molar-refractivity contribution in [3.8, 4) is 0 Å². The van der Waals surface area contributed by atoms with Gasteiger partial charge in [-0.1, -0.05) is 0 Å². The van der Waals surface area contributed by atoms with Crippen LogP contribution in [-0.2, 0) is 6.18 Å². The quantitative estimate of drug-likeness (QED) is 0.847. The van der Waals surface area contributed by atoms with Crippen molar-refractivity contribution in [2.45, 2.75) is 25.1 Å². The highest BCUT2D eigenvalue weighted by Gasteiger charge is 2.33. The Balaban J connectivity index is 1.96. The van der Waals surface area contributed by atoms with Crippen molar-refractivity contribution in [1.82, 2.24) is 9.97 Å². The van der Waals surface area contributed by atoms with E-state index in [0.717, 1.165) is 25.1 Å².